The molecule has 2 aromatic carbocycles. The second-order valence-electron chi connectivity index (χ2n) is 9.71. The first-order chi connectivity index (χ1) is 19.2. The van der Waals surface area contributed by atoms with Crippen LogP contribution in [0.2, 0.25) is 0 Å². The van der Waals surface area contributed by atoms with Gasteiger partial charge in [0.15, 0.2) is 5.82 Å². The van der Waals surface area contributed by atoms with Gasteiger partial charge in [0, 0.05) is 42.7 Å². The predicted molar refractivity (Wildman–Crippen MR) is 151 cm³/mol. The molecule has 5 rings (SSSR count). The number of carbonyl (C=O) groups is 1. The smallest absolute Gasteiger partial charge is 0.274 e. The van der Waals surface area contributed by atoms with E-state index in [9.17, 15) is 18.4 Å². The van der Waals surface area contributed by atoms with Gasteiger partial charge in [-0.1, -0.05) is 38.7 Å². The van der Waals surface area contributed by atoms with Gasteiger partial charge in [0.25, 0.3) is 5.91 Å². The second kappa shape index (κ2) is 12.5. The third kappa shape index (κ3) is 6.51. The largest absolute Gasteiger partial charge is 0.496 e. The summed E-state index contributed by atoms with van der Waals surface area (Å²) < 4.78 is 35.7. The molecule has 3 N–H and O–H groups in total. The predicted octanol–water partition coefficient (Wildman–Crippen LogP) is 5.83. The number of nitrogen functional groups attached to an aromatic ring is 1. The van der Waals surface area contributed by atoms with Gasteiger partial charge >= 0.3 is 0 Å². The topological polar surface area (TPSA) is 112 Å². The molecule has 1 amide bonds. The number of aryl methyl sites for hydroxylation is 1. The SMILES string of the molecule is CC1CCCC1.COc1cccc(F)c1-c1nccc(C(=O)Nc2cc(F)c(-c3ccc(=O)n(C)c3)cc2N)n1. The molecule has 0 unspecified atom stereocenters. The zero-order chi connectivity index (χ0) is 28.8. The summed E-state index contributed by atoms with van der Waals surface area (Å²) >= 11 is 0. The summed E-state index contributed by atoms with van der Waals surface area (Å²) in [6.45, 7) is 2.34. The van der Waals surface area contributed by atoms with Crippen LogP contribution in [-0.4, -0.2) is 27.6 Å². The van der Waals surface area contributed by atoms with Crippen LogP contribution in [0.15, 0.2) is 65.7 Å². The van der Waals surface area contributed by atoms with Crippen molar-refractivity contribution in [3.05, 3.63) is 88.6 Å². The standard InChI is InChI=1S/C24H19F2N5O3.C6H12/c1-31-12-13(6-7-21(31)32)14-10-17(27)19(11-16(14)26)30-24(33)18-8-9-28-23(29-18)22-15(25)4-3-5-20(22)34-2;1-6-4-2-3-5-6/h3-12H,27H2,1-2H3,(H,30,33);6H,2-5H2,1H3. The Labute approximate surface area is 230 Å². The molecule has 1 saturated carbocycles. The Kier molecular flexibility index (Phi) is 8.88. The molecule has 0 aliphatic heterocycles. The number of methoxy groups -OCH3 is 1. The number of rotatable bonds is 5. The van der Waals surface area contributed by atoms with E-state index in [1.54, 1.807) is 13.1 Å². The Morgan fingerprint density at radius 3 is 2.50 bits per heavy atom. The van der Waals surface area contributed by atoms with Gasteiger partial charge in [0.1, 0.15) is 23.1 Å². The summed E-state index contributed by atoms with van der Waals surface area (Å²) in [4.78, 5) is 32.6. The van der Waals surface area contributed by atoms with E-state index in [1.165, 1.54) is 86.2 Å². The molecular weight excluding hydrogens is 516 g/mol. The maximum absolute atomic E-state index is 14.8. The van der Waals surface area contributed by atoms with Gasteiger partial charge in [-0.2, -0.15) is 0 Å². The Morgan fingerprint density at radius 2 is 1.85 bits per heavy atom. The first-order valence-electron chi connectivity index (χ1n) is 12.9. The van der Waals surface area contributed by atoms with Crippen LogP contribution in [-0.2, 0) is 7.05 Å². The number of nitrogens with one attached hydrogen (secondary N) is 1. The lowest BCUT2D eigenvalue weighted by Gasteiger charge is -2.13. The molecule has 0 atom stereocenters. The normalized spacial score (nSPS) is 12.9. The molecule has 8 nitrogen and oxygen atoms in total. The molecule has 1 aliphatic carbocycles. The fourth-order valence-electron chi connectivity index (χ4n) is 4.49. The summed E-state index contributed by atoms with van der Waals surface area (Å²) in [5, 5.41) is 2.51. The van der Waals surface area contributed by atoms with E-state index in [1.807, 2.05) is 0 Å². The summed E-state index contributed by atoms with van der Waals surface area (Å²) in [5.41, 5.74) is 6.48. The number of carbonyl (C=O) groups excluding carboxylic acids is 1. The van der Waals surface area contributed by atoms with E-state index in [0.29, 0.717) is 5.56 Å². The van der Waals surface area contributed by atoms with Gasteiger partial charge in [-0.25, -0.2) is 18.7 Å². The first kappa shape index (κ1) is 28.4. The van der Waals surface area contributed by atoms with Crippen molar-refractivity contribution in [2.24, 2.45) is 13.0 Å². The number of benzene rings is 2. The minimum atomic E-state index is -0.695. The Hall–Kier alpha value is -4.60. The number of pyridine rings is 1. The van der Waals surface area contributed by atoms with E-state index >= 15 is 0 Å². The zero-order valence-electron chi connectivity index (χ0n) is 22.6. The Bertz CT molecular complexity index is 1580. The highest BCUT2D eigenvalue weighted by Gasteiger charge is 2.18. The van der Waals surface area contributed by atoms with E-state index in [0.717, 1.165) is 12.0 Å². The number of anilines is 2. The van der Waals surface area contributed by atoms with Crippen LogP contribution in [0.25, 0.3) is 22.5 Å². The van der Waals surface area contributed by atoms with Crippen LogP contribution in [0.4, 0.5) is 20.2 Å². The van der Waals surface area contributed by atoms with Crippen LogP contribution in [0.3, 0.4) is 0 Å². The Morgan fingerprint density at radius 1 is 1.10 bits per heavy atom. The maximum Gasteiger partial charge on any atom is 0.274 e. The van der Waals surface area contributed by atoms with Crippen molar-refractivity contribution in [1.29, 1.82) is 0 Å². The lowest BCUT2D eigenvalue weighted by molar-refractivity contribution is 0.102. The fraction of sp³-hybridized carbons (Fsp3) is 0.267. The van der Waals surface area contributed by atoms with Gasteiger partial charge in [-0.3, -0.25) is 9.59 Å². The van der Waals surface area contributed by atoms with Crippen molar-refractivity contribution in [3.8, 4) is 28.3 Å². The van der Waals surface area contributed by atoms with E-state index in [-0.39, 0.29) is 45.3 Å². The highest BCUT2D eigenvalue weighted by molar-refractivity contribution is 6.05. The van der Waals surface area contributed by atoms with Gasteiger partial charge < -0.3 is 20.4 Å². The van der Waals surface area contributed by atoms with E-state index in [2.05, 4.69) is 22.2 Å². The summed E-state index contributed by atoms with van der Waals surface area (Å²) in [6.07, 6.45) is 8.73. The third-order valence-corrected chi connectivity index (χ3v) is 6.74. The molecule has 1 aliphatic rings. The zero-order valence-corrected chi connectivity index (χ0v) is 22.6. The van der Waals surface area contributed by atoms with Crippen molar-refractivity contribution >= 4 is 17.3 Å². The van der Waals surface area contributed by atoms with Crippen molar-refractivity contribution < 1.29 is 18.3 Å². The van der Waals surface area contributed by atoms with Gasteiger partial charge in [0.05, 0.1) is 24.0 Å². The first-order valence-corrected chi connectivity index (χ1v) is 12.9. The molecule has 4 aromatic rings. The van der Waals surface area contributed by atoms with Crippen molar-refractivity contribution in [3.63, 3.8) is 0 Å². The van der Waals surface area contributed by atoms with E-state index < -0.39 is 17.5 Å². The molecule has 40 heavy (non-hydrogen) atoms. The number of hydrogen-bond donors (Lipinski definition) is 2. The summed E-state index contributed by atoms with van der Waals surface area (Å²) in [6, 6.07) is 10.8. The molecule has 0 radical (unpaired) electrons. The monoisotopic (exact) mass is 547 g/mol. The maximum atomic E-state index is 14.8. The van der Waals surface area contributed by atoms with Gasteiger partial charge in [-0.05, 0) is 36.2 Å². The lowest BCUT2D eigenvalue weighted by atomic mass is 10.1. The molecule has 2 heterocycles. The third-order valence-electron chi connectivity index (χ3n) is 6.74. The van der Waals surface area contributed by atoms with Gasteiger partial charge in [0.2, 0.25) is 5.56 Å². The highest BCUT2D eigenvalue weighted by Crippen LogP contribution is 2.32. The minimum absolute atomic E-state index is 0.00632. The molecular formula is C30H31F2N5O3. The molecule has 2 aromatic heterocycles. The number of ether oxygens (including phenoxy) is 1. The van der Waals surface area contributed by atoms with Crippen molar-refractivity contribution in [1.82, 2.24) is 14.5 Å². The molecule has 10 heteroatoms. The number of amides is 1. The van der Waals surface area contributed by atoms with Crippen LogP contribution < -0.4 is 21.3 Å². The number of nitrogens with zero attached hydrogens (tertiary/aromatic N) is 3. The average molecular weight is 548 g/mol. The second-order valence-corrected chi connectivity index (χ2v) is 9.71. The van der Waals surface area contributed by atoms with Crippen LogP contribution in [0.5, 0.6) is 5.75 Å². The molecule has 0 spiro atoms. The van der Waals surface area contributed by atoms with Gasteiger partial charge in [-0.15, -0.1) is 0 Å². The average Bonchev–Trinajstić information content (AvgIpc) is 3.43. The van der Waals surface area contributed by atoms with Crippen LogP contribution in [0.1, 0.15) is 43.1 Å². The number of halogens is 2. The quantitative estimate of drug-likeness (QED) is 0.304. The number of hydrogen-bond acceptors (Lipinski definition) is 6. The van der Waals surface area contributed by atoms with E-state index in [4.69, 9.17) is 10.5 Å². The molecule has 208 valence electrons. The minimum Gasteiger partial charge on any atom is -0.496 e. The molecule has 0 bridgehead atoms. The summed E-state index contributed by atoms with van der Waals surface area (Å²) in [5.74, 6) is -0.755. The number of nitrogens with two attached hydrogens (primary N) is 1. The van der Waals surface area contributed by atoms with Crippen LogP contribution >= 0.6 is 0 Å². The summed E-state index contributed by atoms with van der Waals surface area (Å²) in [7, 11) is 2.93. The highest BCUT2D eigenvalue weighted by atomic mass is 19.1. The lowest BCUT2D eigenvalue weighted by Crippen LogP contribution is -2.16. The van der Waals surface area contributed by atoms with Crippen molar-refractivity contribution in [2.45, 2.75) is 32.6 Å². The van der Waals surface area contributed by atoms with Crippen molar-refractivity contribution in [2.75, 3.05) is 18.2 Å². The van der Waals surface area contributed by atoms with Crippen LogP contribution in [0, 0.1) is 17.6 Å². The molecule has 1 fully saturated rings. The molecule has 0 saturated heterocycles. The Balaban J connectivity index is 0.000000546. The number of aromatic nitrogens is 3. The fourth-order valence-corrected chi connectivity index (χ4v) is 4.49.